The van der Waals surface area contributed by atoms with Crippen molar-refractivity contribution in [3.05, 3.63) is 64.7 Å². The van der Waals surface area contributed by atoms with E-state index in [0.717, 1.165) is 22.3 Å². The maximum Gasteiger partial charge on any atom is 0.279 e. The third-order valence-corrected chi connectivity index (χ3v) is 4.04. The maximum atomic E-state index is 12.1. The van der Waals surface area contributed by atoms with Gasteiger partial charge < -0.3 is 4.74 Å². The number of nitrogens with one attached hydrogen (secondary N) is 2. The molecule has 132 valence electrons. The zero-order valence-corrected chi connectivity index (χ0v) is 15.1. The number of amides is 2. The van der Waals surface area contributed by atoms with Crippen LogP contribution in [0.5, 0.6) is 5.75 Å². The first-order valence-corrected chi connectivity index (χ1v) is 8.24. The highest BCUT2D eigenvalue weighted by molar-refractivity contribution is 5.85. The van der Waals surface area contributed by atoms with Crippen LogP contribution in [0.4, 0.5) is 0 Å². The van der Waals surface area contributed by atoms with Crippen molar-refractivity contribution < 1.29 is 14.3 Å². The van der Waals surface area contributed by atoms with Crippen molar-refractivity contribution in [3.8, 4) is 5.75 Å². The predicted octanol–water partition coefficient (Wildman–Crippen LogP) is 2.77. The van der Waals surface area contributed by atoms with E-state index < -0.39 is 12.0 Å². The molecular formula is C20H24N2O3. The molecule has 2 rings (SSSR count). The summed E-state index contributed by atoms with van der Waals surface area (Å²) in [6.45, 7) is 7.56. The zero-order valence-electron chi connectivity index (χ0n) is 15.1. The minimum absolute atomic E-state index is 0.201. The van der Waals surface area contributed by atoms with Crippen LogP contribution in [0.2, 0.25) is 0 Å². The first kappa shape index (κ1) is 18.5. The fourth-order valence-electron chi connectivity index (χ4n) is 2.26. The molecule has 2 aromatic rings. The molecule has 0 saturated heterocycles. The molecule has 0 bridgehead atoms. The first-order valence-electron chi connectivity index (χ1n) is 8.24. The minimum atomic E-state index is -0.722. The number of hydrazine groups is 1. The van der Waals surface area contributed by atoms with Gasteiger partial charge in [0.2, 0.25) is 5.91 Å². The number of carbonyl (C=O) groups is 2. The highest BCUT2D eigenvalue weighted by Gasteiger charge is 2.16. The third kappa shape index (κ3) is 5.35. The van der Waals surface area contributed by atoms with E-state index in [2.05, 4.69) is 10.9 Å². The Morgan fingerprint density at radius 2 is 1.68 bits per heavy atom. The lowest BCUT2D eigenvalue weighted by atomic mass is 10.1. The number of hydrogen-bond acceptors (Lipinski definition) is 3. The smallest absolute Gasteiger partial charge is 0.279 e. The molecule has 0 saturated carbocycles. The van der Waals surface area contributed by atoms with Crippen molar-refractivity contribution in [1.82, 2.24) is 10.9 Å². The van der Waals surface area contributed by atoms with Crippen molar-refractivity contribution in [3.63, 3.8) is 0 Å². The third-order valence-electron chi connectivity index (χ3n) is 4.04. The van der Waals surface area contributed by atoms with Gasteiger partial charge in [-0.05, 0) is 50.5 Å². The monoisotopic (exact) mass is 340 g/mol. The molecule has 0 radical (unpaired) electrons. The normalized spacial score (nSPS) is 11.5. The van der Waals surface area contributed by atoms with Crippen LogP contribution in [0.3, 0.4) is 0 Å². The fourth-order valence-corrected chi connectivity index (χ4v) is 2.26. The molecule has 0 aliphatic heterocycles. The molecule has 0 aliphatic rings. The van der Waals surface area contributed by atoms with Crippen LogP contribution in [0.25, 0.3) is 0 Å². The summed E-state index contributed by atoms with van der Waals surface area (Å²) in [5, 5.41) is 0. The Labute approximate surface area is 148 Å². The zero-order chi connectivity index (χ0) is 18.4. The van der Waals surface area contributed by atoms with Crippen LogP contribution in [-0.4, -0.2) is 17.9 Å². The van der Waals surface area contributed by atoms with Crippen LogP contribution in [0, 0.1) is 20.8 Å². The summed E-state index contributed by atoms with van der Waals surface area (Å²) in [7, 11) is 0. The van der Waals surface area contributed by atoms with Gasteiger partial charge in [0.15, 0.2) is 6.10 Å². The highest BCUT2D eigenvalue weighted by Crippen LogP contribution is 2.21. The molecule has 2 amide bonds. The number of ether oxygens (including phenoxy) is 1. The van der Waals surface area contributed by atoms with Gasteiger partial charge in [-0.25, -0.2) is 0 Å². The molecule has 0 heterocycles. The van der Waals surface area contributed by atoms with Gasteiger partial charge in [-0.2, -0.15) is 0 Å². The average Bonchev–Trinajstić information content (AvgIpc) is 2.58. The van der Waals surface area contributed by atoms with E-state index in [4.69, 9.17) is 4.74 Å². The van der Waals surface area contributed by atoms with E-state index in [-0.39, 0.29) is 12.3 Å². The van der Waals surface area contributed by atoms with Crippen LogP contribution < -0.4 is 15.6 Å². The molecule has 0 fully saturated rings. The lowest BCUT2D eigenvalue weighted by molar-refractivity contribution is -0.132. The van der Waals surface area contributed by atoms with Crippen LogP contribution in [0.1, 0.15) is 29.2 Å². The van der Waals surface area contributed by atoms with Gasteiger partial charge >= 0.3 is 0 Å². The Morgan fingerprint density at radius 1 is 1.00 bits per heavy atom. The second-order valence-corrected chi connectivity index (χ2v) is 6.16. The number of aryl methyl sites for hydroxylation is 2. The quantitative estimate of drug-likeness (QED) is 0.823. The highest BCUT2D eigenvalue weighted by atomic mass is 16.5. The van der Waals surface area contributed by atoms with Gasteiger partial charge in [0.25, 0.3) is 5.91 Å². The predicted molar refractivity (Wildman–Crippen MR) is 97.2 cm³/mol. The standard InChI is InChI=1S/C20H24N2O3/c1-13-8-10-17(11-9-13)12-19(23)21-22-20(24)16(4)25-18-7-5-6-14(2)15(18)3/h5-11,16H,12H2,1-4H3,(H,21,23)(H,22,24)/t16-/m0/s1. The number of hydrogen-bond donors (Lipinski definition) is 2. The summed E-state index contributed by atoms with van der Waals surface area (Å²) in [5.41, 5.74) is 8.93. The topological polar surface area (TPSA) is 67.4 Å². The van der Waals surface area contributed by atoms with E-state index in [9.17, 15) is 9.59 Å². The second kappa shape index (κ2) is 8.33. The van der Waals surface area contributed by atoms with Crippen molar-refractivity contribution in [2.75, 3.05) is 0 Å². The first-order chi connectivity index (χ1) is 11.9. The van der Waals surface area contributed by atoms with Gasteiger partial charge in [0.05, 0.1) is 6.42 Å². The molecule has 0 unspecified atom stereocenters. The molecule has 0 aromatic heterocycles. The van der Waals surface area contributed by atoms with Crippen LogP contribution in [-0.2, 0) is 16.0 Å². The average molecular weight is 340 g/mol. The molecule has 5 heteroatoms. The number of rotatable bonds is 5. The molecule has 0 aliphatic carbocycles. The van der Waals surface area contributed by atoms with Crippen molar-refractivity contribution in [2.45, 2.75) is 40.2 Å². The SMILES string of the molecule is Cc1ccc(CC(=O)NNC(=O)[C@H](C)Oc2cccc(C)c2C)cc1. The molecular weight excluding hydrogens is 316 g/mol. The Hall–Kier alpha value is -2.82. The molecule has 2 aromatic carbocycles. The van der Waals surface area contributed by atoms with Gasteiger partial charge in [0.1, 0.15) is 5.75 Å². The Balaban J connectivity index is 1.83. The summed E-state index contributed by atoms with van der Waals surface area (Å²) in [5.74, 6) is -0.0251. The Kier molecular flexibility index (Phi) is 6.17. The molecule has 0 spiro atoms. The van der Waals surface area contributed by atoms with Gasteiger partial charge in [-0.1, -0.05) is 42.0 Å². The maximum absolute atomic E-state index is 12.1. The largest absolute Gasteiger partial charge is 0.481 e. The van der Waals surface area contributed by atoms with Crippen molar-refractivity contribution in [1.29, 1.82) is 0 Å². The Bertz CT molecular complexity index is 754. The summed E-state index contributed by atoms with van der Waals surface area (Å²) < 4.78 is 5.69. The van der Waals surface area contributed by atoms with E-state index in [1.54, 1.807) is 6.92 Å². The molecule has 25 heavy (non-hydrogen) atoms. The fraction of sp³-hybridized carbons (Fsp3) is 0.300. The molecule has 2 N–H and O–H groups in total. The number of benzene rings is 2. The minimum Gasteiger partial charge on any atom is -0.481 e. The van der Waals surface area contributed by atoms with Crippen molar-refractivity contribution in [2.24, 2.45) is 0 Å². The van der Waals surface area contributed by atoms with E-state index >= 15 is 0 Å². The van der Waals surface area contributed by atoms with Crippen LogP contribution in [0.15, 0.2) is 42.5 Å². The number of carbonyl (C=O) groups excluding carboxylic acids is 2. The lowest BCUT2D eigenvalue weighted by Gasteiger charge is -2.17. The Morgan fingerprint density at radius 3 is 2.36 bits per heavy atom. The lowest BCUT2D eigenvalue weighted by Crippen LogP contribution is -2.47. The molecule has 1 atom stereocenters. The summed E-state index contributed by atoms with van der Waals surface area (Å²) in [6, 6.07) is 13.4. The van der Waals surface area contributed by atoms with Gasteiger partial charge in [0, 0.05) is 0 Å². The summed E-state index contributed by atoms with van der Waals surface area (Å²) in [6.07, 6.45) is -0.521. The second-order valence-electron chi connectivity index (χ2n) is 6.16. The van der Waals surface area contributed by atoms with E-state index in [1.165, 1.54) is 0 Å². The van der Waals surface area contributed by atoms with Crippen molar-refractivity contribution >= 4 is 11.8 Å². The van der Waals surface area contributed by atoms with E-state index in [1.807, 2.05) is 63.2 Å². The van der Waals surface area contributed by atoms with E-state index in [0.29, 0.717) is 5.75 Å². The van der Waals surface area contributed by atoms with Gasteiger partial charge in [-0.15, -0.1) is 0 Å². The summed E-state index contributed by atoms with van der Waals surface area (Å²) in [4.78, 5) is 24.0. The van der Waals surface area contributed by atoms with Crippen LogP contribution >= 0.6 is 0 Å². The van der Waals surface area contributed by atoms with Gasteiger partial charge in [-0.3, -0.25) is 20.4 Å². The summed E-state index contributed by atoms with van der Waals surface area (Å²) >= 11 is 0. The molecule has 5 nitrogen and oxygen atoms in total.